The Kier molecular flexibility index (Phi) is 6.00. The van der Waals surface area contributed by atoms with Crippen molar-refractivity contribution in [2.75, 3.05) is 18.5 Å². The minimum absolute atomic E-state index is 0.476. The van der Waals surface area contributed by atoms with Gasteiger partial charge in [-0.1, -0.05) is 22.9 Å². The fourth-order valence-corrected chi connectivity index (χ4v) is 2.24. The van der Waals surface area contributed by atoms with Crippen LogP contribution in [0.4, 0.5) is 0 Å². The van der Waals surface area contributed by atoms with Crippen molar-refractivity contribution in [1.29, 1.82) is 0 Å². The molecule has 2 unspecified atom stereocenters. The monoisotopic (exact) mass is 249 g/mol. The van der Waals surface area contributed by atoms with Crippen LogP contribution in [0.1, 0.15) is 32.6 Å². The summed E-state index contributed by atoms with van der Waals surface area (Å²) in [5, 5.41) is 4.64. The van der Waals surface area contributed by atoms with Crippen LogP contribution < -0.4 is 5.32 Å². The summed E-state index contributed by atoms with van der Waals surface area (Å²) in [5.41, 5.74) is 0. The molecule has 78 valence electrons. The molecular formula is C10H20BrNO. The van der Waals surface area contributed by atoms with Crippen molar-refractivity contribution in [3.05, 3.63) is 0 Å². The van der Waals surface area contributed by atoms with E-state index in [1.165, 1.54) is 25.7 Å². The third-order valence-corrected chi connectivity index (χ3v) is 3.07. The third kappa shape index (κ3) is 4.43. The number of rotatable bonds is 6. The Morgan fingerprint density at radius 2 is 2.46 bits per heavy atom. The van der Waals surface area contributed by atoms with E-state index in [0.717, 1.165) is 18.5 Å². The number of alkyl halides is 1. The highest BCUT2D eigenvalue weighted by Gasteiger charge is 2.16. The standard InChI is InChI=1S/C10H20BrNO/c1-2-9(5-6-11)12-8-10-4-3-7-13-10/h9-10,12H,2-8H2,1H3. The molecule has 2 atom stereocenters. The van der Waals surface area contributed by atoms with Gasteiger partial charge in [0.2, 0.25) is 0 Å². The van der Waals surface area contributed by atoms with Gasteiger partial charge in [-0.25, -0.2) is 0 Å². The molecule has 13 heavy (non-hydrogen) atoms. The number of hydrogen-bond acceptors (Lipinski definition) is 2. The highest BCUT2D eigenvalue weighted by molar-refractivity contribution is 9.09. The Bertz CT molecular complexity index is 126. The van der Waals surface area contributed by atoms with Crippen molar-refractivity contribution in [2.45, 2.75) is 44.8 Å². The highest BCUT2D eigenvalue weighted by Crippen LogP contribution is 2.11. The van der Waals surface area contributed by atoms with E-state index in [4.69, 9.17) is 4.74 Å². The van der Waals surface area contributed by atoms with Crippen LogP contribution in [-0.4, -0.2) is 30.6 Å². The first-order valence-electron chi connectivity index (χ1n) is 5.27. The van der Waals surface area contributed by atoms with E-state index in [1.807, 2.05) is 0 Å². The summed E-state index contributed by atoms with van der Waals surface area (Å²) in [4.78, 5) is 0. The second-order valence-corrected chi connectivity index (χ2v) is 4.42. The Hall–Kier alpha value is 0.400. The van der Waals surface area contributed by atoms with Crippen molar-refractivity contribution in [3.63, 3.8) is 0 Å². The van der Waals surface area contributed by atoms with E-state index in [1.54, 1.807) is 0 Å². The summed E-state index contributed by atoms with van der Waals surface area (Å²) in [5.74, 6) is 0. The van der Waals surface area contributed by atoms with Gasteiger partial charge in [-0.15, -0.1) is 0 Å². The summed E-state index contributed by atoms with van der Waals surface area (Å²) in [6.07, 6.45) is 5.37. The van der Waals surface area contributed by atoms with Crippen molar-refractivity contribution in [2.24, 2.45) is 0 Å². The van der Waals surface area contributed by atoms with Gasteiger partial charge in [0.25, 0.3) is 0 Å². The first-order chi connectivity index (χ1) is 6.36. The van der Waals surface area contributed by atoms with Crippen LogP contribution in [-0.2, 0) is 4.74 Å². The molecule has 1 rings (SSSR count). The molecular weight excluding hydrogens is 230 g/mol. The molecule has 1 aliphatic rings. The van der Waals surface area contributed by atoms with Crippen LogP contribution in [0.15, 0.2) is 0 Å². The Morgan fingerprint density at radius 1 is 1.62 bits per heavy atom. The molecule has 0 saturated carbocycles. The molecule has 0 aromatic rings. The Balaban J connectivity index is 2.07. The van der Waals surface area contributed by atoms with Crippen LogP contribution >= 0.6 is 15.9 Å². The topological polar surface area (TPSA) is 21.3 Å². The molecule has 0 bridgehead atoms. The lowest BCUT2D eigenvalue weighted by molar-refractivity contribution is 0.107. The van der Waals surface area contributed by atoms with Gasteiger partial charge in [0.15, 0.2) is 0 Å². The predicted molar refractivity (Wildman–Crippen MR) is 59.5 cm³/mol. The molecule has 0 spiro atoms. The van der Waals surface area contributed by atoms with Crippen molar-refractivity contribution in [1.82, 2.24) is 5.32 Å². The van der Waals surface area contributed by atoms with Crippen molar-refractivity contribution in [3.8, 4) is 0 Å². The second kappa shape index (κ2) is 6.80. The summed E-state index contributed by atoms with van der Waals surface area (Å²) in [6.45, 7) is 4.23. The molecule has 2 nitrogen and oxygen atoms in total. The minimum Gasteiger partial charge on any atom is -0.377 e. The van der Waals surface area contributed by atoms with Crippen LogP contribution in [0.5, 0.6) is 0 Å². The number of nitrogens with one attached hydrogen (secondary N) is 1. The SMILES string of the molecule is CCC(CCBr)NCC1CCCO1. The van der Waals surface area contributed by atoms with E-state index < -0.39 is 0 Å². The minimum atomic E-state index is 0.476. The van der Waals surface area contributed by atoms with Crippen LogP contribution in [0.25, 0.3) is 0 Å². The lowest BCUT2D eigenvalue weighted by Crippen LogP contribution is -2.35. The highest BCUT2D eigenvalue weighted by atomic mass is 79.9. The quantitative estimate of drug-likeness (QED) is 0.730. The lowest BCUT2D eigenvalue weighted by Gasteiger charge is -2.18. The number of hydrogen-bond donors (Lipinski definition) is 1. The maximum Gasteiger partial charge on any atom is 0.0700 e. The molecule has 3 heteroatoms. The smallest absolute Gasteiger partial charge is 0.0700 e. The first-order valence-corrected chi connectivity index (χ1v) is 6.40. The zero-order valence-corrected chi connectivity index (χ0v) is 9.98. The molecule has 0 aromatic carbocycles. The van der Waals surface area contributed by atoms with Crippen LogP contribution in [0.2, 0.25) is 0 Å². The van der Waals surface area contributed by atoms with Gasteiger partial charge in [0.05, 0.1) is 6.10 Å². The molecule has 1 saturated heterocycles. The van der Waals surface area contributed by atoms with Crippen molar-refractivity contribution >= 4 is 15.9 Å². The average molecular weight is 250 g/mol. The molecule has 0 aliphatic carbocycles. The van der Waals surface area contributed by atoms with Gasteiger partial charge >= 0.3 is 0 Å². The van der Waals surface area contributed by atoms with E-state index in [2.05, 4.69) is 28.2 Å². The lowest BCUT2D eigenvalue weighted by atomic mass is 10.1. The summed E-state index contributed by atoms with van der Waals surface area (Å²) in [7, 11) is 0. The number of halogens is 1. The fraction of sp³-hybridized carbons (Fsp3) is 1.00. The molecule has 0 aromatic heterocycles. The maximum atomic E-state index is 5.55. The summed E-state index contributed by atoms with van der Waals surface area (Å²) in [6, 6.07) is 0.656. The van der Waals surface area contributed by atoms with E-state index in [-0.39, 0.29) is 0 Å². The summed E-state index contributed by atoms with van der Waals surface area (Å²) >= 11 is 3.47. The molecule has 0 amide bonds. The molecule has 1 heterocycles. The zero-order valence-electron chi connectivity index (χ0n) is 8.39. The second-order valence-electron chi connectivity index (χ2n) is 3.63. The molecule has 1 N–H and O–H groups in total. The largest absolute Gasteiger partial charge is 0.377 e. The maximum absolute atomic E-state index is 5.55. The average Bonchev–Trinajstić information content (AvgIpc) is 2.64. The van der Waals surface area contributed by atoms with Crippen LogP contribution in [0.3, 0.4) is 0 Å². The van der Waals surface area contributed by atoms with E-state index in [9.17, 15) is 0 Å². The molecule has 1 aliphatic heterocycles. The first kappa shape index (κ1) is 11.5. The van der Waals surface area contributed by atoms with Gasteiger partial charge in [0, 0.05) is 24.5 Å². The number of ether oxygens (including phenoxy) is 1. The summed E-state index contributed by atoms with van der Waals surface area (Å²) < 4.78 is 5.55. The van der Waals surface area contributed by atoms with Gasteiger partial charge in [-0.3, -0.25) is 0 Å². The van der Waals surface area contributed by atoms with E-state index in [0.29, 0.717) is 12.1 Å². The normalized spacial score (nSPS) is 24.9. The Morgan fingerprint density at radius 3 is 3.00 bits per heavy atom. The fourth-order valence-electron chi connectivity index (χ4n) is 1.69. The van der Waals surface area contributed by atoms with Crippen molar-refractivity contribution < 1.29 is 4.74 Å². The van der Waals surface area contributed by atoms with E-state index >= 15 is 0 Å². The van der Waals surface area contributed by atoms with Gasteiger partial charge in [-0.2, -0.15) is 0 Å². The molecule has 1 fully saturated rings. The zero-order chi connectivity index (χ0) is 9.52. The third-order valence-electron chi connectivity index (χ3n) is 2.61. The Labute approximate surface area is 89.5 Å². The van der Waals surface area contributed by atoms with Gasteiger partial charge < -0.3 is 10.1 Å². The predicted octanol–water partition coefficient (Wildman–Crippen LogP) is 2.32. The van der Waals surface area contributed by atoms with Crippen LogP contribution in [0, 0.1) is 0 Å². The van der Waals surface area contributed by atoms with Gasteiger partial charge in [-0.05, 0) is 25.7 Å². The molecule has 0 radical (unpaired) electrons. The van der Waals surface area contributed by atoms with Gasteiger partial charge in [0.1, 0.15) is 0 Å².